The van der Waals surface area contributed by atoms with Crippen LogP contribution in [0.25, 0.3) is 43.6 Å². The highest BCUT2D eigenvalue weighted by molar-refractivity contribution is 7.79. The molecule has 7 rings (SSSR count). The monoisotopic (exact) mass is 463 g/mol. The van der Waals surface area contributed by atoms with E-state index in [0.29, 0.717) is 0 Å². The van der Waals surface area contributed by atoms with Gasteiger partial charge in [-0.2, -0.15) is 0 Å². The van der Waals surface area contributed by atoms with Crippen molar-refractivity contribution in [1.29, 1.82) is 0 Å². The van der Waals surface area contributed by atoms with E-state index in [2.05, 4.69) is 133 Å². The first-order valence-corrected chi connectivity index (χ1v) is 13.3. The molecule has 0 atom stereocenters. The van der Waals surface area contributed by atoms with Crippen LogP contribution in [0, 0.1) is 0 Å². The molecule has 1 heterocycles. The topological polar surface area (TPSA) is 12.9 Å². The number of hydrogen-bond acceptors (Lipinski definition) is 1. The van der Waals surface area contributed by atoms with Crippen molar-refractivity contribution in [3.8, 4) is 11.3 Å². The van der Waals surface area contributed by atoms with Gasteiger partial charge in [0.25, 0.3) is 0 Å². The van der Waals surface area contributed by atoms with Gasteiger partial charge in [0.2, 0.25) is 0 Å². The molecule has 1 nitrogen and oxygen atoms in total. The van der Waals surface area contributed by atoms with Gasteiger partial charge in [0, 0.05) is 13.5 Å². The van der Waals surface area contributed by atoms with E-state index in [4.69, 9.17) is 4.98 Å². The van der Waals surface area contributed by atoms with Gasteiger partial charge in [0.05, 0.1) is 11.1 Å². The van der Waals surface area contributed by atoms with Crippen LogP contribution in [0.4, 0.5) is 0 Å². The Morgan fingerprint density at radius 3 is 1.69 bits per heavy atom. The Hall–Kier alpha value is -4.06. The summed E-state index contributed by atoms with van der Waals surface area (Å²) in [6, 6.07) is 48.1. The van der Waals surface area contributed by atoms with Crippen molar-refractivity contribution < 1.29 is 0 Å². The molecular weight excluding hydrogens is 441 g/mol. The molecule has 0 saturated heterocycles. The van der Waals surface area contributed by atoms with Crippen molar-refractivity contribution in [2.45, 2.75) is 0 Å². The molecule has 0 spiro atoms. The summed E-state index contributed by atoms with van der Waals surface area (Å²) in [6.45, 7) is 0. The molecule has 0 aliphatic carbocycles. The van der Waals surface area contributed by atoms with Gasteiger partial charge >= 0.3 is 0 Å². The van der Waals surface area contributed by atoms with Crippen molar-refractivity contribution >= 4 is 56.3 Å². The van der Waals surface area contributed by atoms with Gasteiger partial charge in [-0.3, -0.25) is 0 Å². The lowest BCUT2D eigenvalue weighted by Gasteiger charge is -2.19. The second-order valence-electron chi connectivity index (χ2n) is 8.86. The van der Waals surface area contributed by atoms with E-state index < -0.39 is 7.92 Å². The molecule has 0 aliphatic heterocycles. The summed E-state index contributed by atoms with van der Waals surface area (Å²) in [5, 5.41) is 10.4. The van der Waals surface area contributed by atoms with Gasteiger partial charge in [-0.05, 0) is 55.1 Å². The number of pyridine rings is 1. The fourth-order valence-corrected chi connectivity index (χ4v) is 7.43. The van der Waals surface area contributed by atoms with Crippen LogP contribution < -0.4 is 16.0 Å². The van der Waals surface area contributed by atoms with Crippen LogP contribution in [0.5, 0.6) is 0 Å². The Morgan fingerprint density at radius 2 is 1.00 bits per heavy atom. The summed E-state index contributed by atoms with van der Waals surface area (Å²) in [4.78, 5) is 5.31. The molecular formula is C33H22NP. The molecule has 0 unspecified atom stereocenters. The minimum atomic E-state index is -0.747. The van der Waals surface area contributed by atoms with Crippen LogP contribution in [-0.2, 0) is 0 Å². The van der Waals surface area contributed by atoms with Gasteiger partial charge in [-0.1, -0.05) is 121 Å². The number of aromatic nitrogens is 1. The van der Waals surface area contributed by atoms with Crippen LogP contribution in [0.3, 0.4) is 0 Å². The highest BCUT2D eigenvalue weighted by atomic mass is 31.1. The SMILES string of the molecule is c1ccc(P(c2ccccc2)c2cccc(-c3ccc4ccc5cccc6ccc3c4c56)n2)cc1. The Morgan fingerprint density at radius 1 is 0.429 bits per heavy atom. The highest BCUT2D eigenvalue weighted by Crippen LogP contribution is 2.39. The Kier molecular flexibility index (Phi) is 4.82. The fourth-order valence-electron chi connectivity index (χ4n) is 5.22. The maximum atomic E-state index is 5.31. The average molecular weight is 464 g/mol. The van der Waals surface area contributed by atoms with E-state index >= 15 is 0 Å². The van der Waals surface area contributed by atoms with Crippen molar-refractivity contribution in [3.05, 3.63) is 133 Å². The number of nitrogens with zero attached hydrogens (tertiary/aromatic N) is 1. The Balaban J connectivity index is 1.45. The minimum absolute atomic E-state index is 0.747. The Bertz CT molecular complexity index is 1740. The third kappa shape index (κ3) is 3.40. The normalized spacial score (nSPS) is 11.7. The van der Waals surface area contributed by atoms with Crippen molar-refractivity contribution in [3.63, 3.8) is 0 Å². The van der Waals surface area contributed by atoms with Crippen LogP contribution in [0.1, 0.15) is 0 Å². The van der Waals surface area contributed by atoms with E-state index in [9.17, 15) is 0 Å². The maximum absolute atomic E-state index is 5.31. The van der Waals surface area contributed by atoms with Crippen LogP contribution in [0.2, 0.25) is 0 Å². The third-order valence-electron chi connectivity index (χ3n) is 6.80. The first kappa shape index (κ1) is 20.3. The molecule has 0 N–H and O–H groups in total. The van der Waals surface area contributed by atoms with E-state index in [-0.39, 0.29) is 0 Å². The average Bonchev–Trinajstić information content (AvgIpc) is 2.93. The molecule has 164 valence electrons. The van der Waals surface area contributed by atoms with Gasteiger partial charge in [-0.25, -0.2) is 4.98 Å². The largest absolute Gasteiger partial charge is 0.247 e. The van der Waals surface area contributed by atoms with Crippen LogP contribution in [-0.4, -0.2) is 4.98 Å². The van der Waals surface area contributed by atoms with Crippen molar-refractivity contribution in [2.75, 3.05) is 0 Å². The van der Waals surface area contributed by atoms with Gasteiger partial charge in [0.1, 0.15) is 0 Å². The third-order valence-corrected chi connectivity index (χ3v) is 9.13. The Labute approximate surface area is 205 Å². The number of hydrogen-bond donors (Lipinski definition) is 0. The lowest BCUT2D eigenvalue weighted by molar-refractivity contribution is 1.39. The smallest absolute Gasteiger partial charge is 0.0728 e. The summed E-state index contributed by atoms with van der Waals surface area (Å²) in [5.74, 6) is 0. The van der Waals surface area contributed by atoms with Gasteiger partial charge < -0.3 is 0 Å². The summed E-state index contributed by atoms with van der Waals surface area (Å²) >= 11 is 0. The highest BCUT2D eigenvalue weighted by Gasteiger charge is 2.19. The maximum Gasteiger partial charge on any atom is 0.0728 e. The summed E-state index contributed by atoms with van der Waals surface area (Å²) in [7, 11) is -0.747. The molecule has 0 fully saturated rings. The van der Waals surface area contributed by atoms with Crippen molar-refractivity contribution in [2.24, 2.45) is 0 Å². The zero-order valence-electron chi connectivity index (χ0n) is 19.1. The van der Waals surface area contributed by atoms with E-state index in [1.807, 2.05) is 0 Å². The van der Waals surface area contributed by atoms with E-state index in [1.165, 1.54) is 48.5 Å². The van der Waals surface area contributed by atoms with Crippen LogP contribution in [0.15, 0.2) is 133 Å². The second kappa shape index (κ2) is 8.31. The van der Waals surface area contributed by atoms with E-state index in [1.54, 1.807) is 0 Å². The molecule has 0 saturated carbocycles. The molecule has 0 aliphatic rings. The van der Waals surface area contributed by atoms with E-state index in [0.717, 1.165) is 11.1 Å². The lowest BCUT2D eigenvalue weighted by atomic mass is 9.91. The molecule has 0 radical (unpaired) electrons. The predicted molar refractivity (Wildman–Crippen MR) is 152 cm³/mol. The lowest BCUT2D eigenvalue weighted by Crippen LogP contribution is -2.22. The van der Waals surface area contributed by atoms with Gasteiger partial charge in [0.15, 0.2) is 0 Å². The minimum Gasteiger partial charge on any atom is -0.247 e. The molecule has 7 aromatic rings. The second-order valence-corrected chi connectivity index (χ2v) is 11.0. The molecule has 2 heteroatoms. The molecule has 0 amide bonds. The molecule has 35 heavy (non-hydrogen) atoms. The quantitative estimate of drug-likeness (QED) is 0.196. The number of benzene rings is 6. The summed E-state index contributed by atoms with van der Waals surface area (Å²) < 4.78 is 0. The zero-order chi connectivity index (χ0) is 23.2. The predicted octanol–water partition coefficient (Wildman–Crippen LogP) is 7.40. The summed E-state index contributed by atoms with van der Waals surface area (Å²) in [5.41, 5.74) is 3.34. The molecule has 1 aromatic heterocycles. The van der Waals surface area contributed by atoms with Crippen molar-refractivity contribution in [1.82, 2.24) is 4.98 Å². The summed E-state index contributed by atoms with van der Waals surface area (Å²) in [6.07, 6.45) is 0. The molecule has 6 aromatic carbocycles. The number of rotatable bonds is 4. The fraction of sp³-hybridized carbons (Fsp3) is 0. The van der Waals surface area contributed by atoms with Gasteiger partial charge in [-0.15, -0.1) is 0 Å². The standard InChI is InChI=1S/C33H22NP/c1-3-11-26(12-4-1)35(27-13-5-2-6-14-27)31-16-8-15-30(34-31)28-21-19-25-18-17-23-9-7-10-24-20-22-29(28)33(25)32(23)24/h1-22H. The first-order chi connectivity index (χ1) is 17.4. The zero-order valence-corrected chi connectivity index (χ0v) is 20.0. The molecule has 0 bridgehead atoms. The van der Waals surface area contributed by atoms with Crippen LogP contribution >= 0.6 is 7.92 Å². The first-order valence-electron chi connectivity index (χ1n) is 11.9.